The Kier molecular flexibility index (Phi) is 5.67. The van der Waals surface area contributed by atoms with Crippen LogP contribution < -0.4 is 5.43 Å². The summed E-state index contributed by atoms with van der Waals surface area (Å²) in [5, 5.41) is 0.446. The summed E-state index contributed by atoms with van der Waals surface area (Å²) in [6.45, 7) is 10.8. The number of halogens is 1. The van der Waals surface area contributed by atoms with Gasteiger partial charge in [-0.3, -0.25) is 9.59 Å². The number of fused-ring (bicyclic) bond motifs is 2. The molecule has 4 rings (SSSR count). The summed E-state index contributed by atoms with van der Waals surface area (Å²) in [6.07, 6.45) is 0. The largest absolute Gasteiger partial charge is 0.450 e. The lowest BCUT2D eigenvalue weighted by atomic mass is 9.97. The van der Waals surface area contributed by atoms with Crippen LogP contribution in [-0.2, 0) is 0 Å². The Balaban J connectivity index is 1.90. The van der Waals surface area contributed by atoms with Crippen LogP contribution in [0.1, 0.15) is 52.7 Å². The molecule has 6 heteroatoms. The summed E-state index contributed by atoms with van der Waals surface area (Å²) in [4.78, 5) is 30.8. The first-order valence-corrected chi connectivity index (χ1v) is 10.7. The van der Waals surface area contributed by atoms with E-state index in [1.54, 1.807) is 23.1 Å². The minimum atomic E-state index is -0.670. The standard InChI is InChI=1S/C25H27FN2O3/c1-5-27(6-2)10-11-28-22(17-8-7-9-18(26)14-17)21-23(29)19-12-15(3)16(4)13-20(19)31-24(21)25(28)30/h7-9,12-14,22H,5-6,10-11H2,1-4H3/t22-/m0/s1. The van der Waals surface area contributed by atoms with Gasteiger partial charge in [-0.1, -0.05) is 26.0 Å². The Hall–Kier alpha value is -2.99. The fourth-order valence-corrected chi connectivity index (χ4v) is 4.32. The molecule has 1 aliphatic heterocycles. The van der Waals surface area contributed by atoms with E-state index in [1.165, 1.54) is 12.1 Å². The molecular formula is C25H27FN2O3. The van der Waals surface area contributed by atoms with E-state index in [9.17, 15) is 14.0 Å². The molecule has 1 aromatic heterocycles. The first-order valence-electron chi connectivity index (χ1n) is 10.7. The van der Waals surface area contributed by atoms with Crippen molar-refractivity contribution in [3.8, 4) is 0 Å². The van der Waals surface area contributed by atoms with Crippen LogP contribution in [0.5, 0.6) is 0 Å². The summed E-state index contributed by atoms with van der Waals surface area (Å²) in [5.74, 6) is -0.665. The number of hydrogen-bond donors (Lipinski definition) is 0. The van der Waals surface area contributed by atoms with Gasteiger partial charge in [0.05, 0.1) is 17.0 Å². The Labute approximate surface area is 181 Å². The minimum absolute atomic E-state index is 0.0644. The van der Waals surface area contributed by atoms with Gasteiger partial charge < -0.3 is 14.2 Å². The van der Waals surface area contributed by atoms with Crippen LogP contribution in [0, 0.1) is 19.7 Å². The maximum Gasteiger partial charge on any atom is 0.290 e. The van der Waals surface area contributed by atoms with E-state index in [-0.39, 0.29) is 17.1 Å². The highest BCUT2D eigenvalue weighted by Crippen LogP contribution is 2.38. The number of nitrogens with zero attached hydrogens (tertiary/aromatic N) is 2. The molecule has 0 saturated heterocycles. The van der Waals surface area contributed by atoms with Gasteiger partial charge >= 0.3 is 0 Å². The van der Waals surface area contributed by atoms with Gasteiger partial charge in [-0.25, -0.2) is 4.39 Å². The van der Waals surface area contributed by atoms with Crippen LogP contribution in [0.4, 0.5) is 4.39 Å². The fraction of sp³-hybridized carbons (Fsp3) is 0.360. The monoisotopic (exact) mass is 422 g/mol. The lowest BCUT2D eigenvalue weighted by Gasteiger charge is -2.28. The molecule has 5 nitrogen and oxygen atoms in total. The molecule has 2 aromatic carbocycles. The molecule has 2 heterocycles. The topological polar surface area (TPSA) is 53.8 Å². The van der Waals surface area contributed by atoms with Crippen molar-refractivity contribution < 1.29 is 13.6 Å². The molecule has 0 fully saturated rings. The second kappa shape index (κ2) is 8.27. The second-order valence-corrected chi connectivity index (χ2v) is 8.09. The van der Waals surface area contributed by atoms with Gasteiger partial charge in [0.1, 0.15) is 11.4 Å². The maximum absolute atomic E-state index is 14.1. The van der Waals surface area contributed by atoms with Crippen molar-refractivity contribution in [3.63, 3.8) is 0 Å². The number of rotatable bonds is 6. The van der Waals surface area contributed by atoms with Gasteiger partial charge in [0.2, 0.25) is 5.76 Å². The Morgan fingerprint density at radius 2 is 1.77 bits per heavy atom. The highest BCUT2D eigenvalue weighted by atomic mass is 19.1. The number of hydrogen-bond acceptors (Lipinski definition) is 4. The van der Waals surface area contributed by atoms with Gasteiger partial charge in [0, 0.05) is 13.1 Å². The summed E-state index contributed by atoms with van der Waals surface area (Å²) in [7, 11) is 0. The van der Waals surface area contributed by atoms with Gasteiger partial charge in [-0.15, -0.1) is 0 Å². The minimum Gasteiger partial charge on any atom is -0.450 e. The molecule has 3 aromatic rings. The van der Waals surface area contributed by atoms with Gasteiger partial charge in [-0.2, -0.15) is 0 Å². The Bertz CT molecular complexity index is 1210. The fourth-order valence-electron chi connectivity index (χ4n) is 4.32. The van der Waals surface area contributed by atoms with Crippen LogP contribution >= 0.6 is 0 Å². The number of aryl methyl sites for hydroxylation is 2. The molecule has 1 amide bonds. The zero-order valence-corrected chi connectivity index (χ0v) is 18.4. The molecule has 0 unspecified atom stereocenters. The lowest BCUT2D eigenvalue weighted by Crippen LogP contribution is -2.37. The normalized spacial score (nSPS) is 15.9. The second-order valence-electron chi connectivity index (χ2n) is 8.09. The van der Waals surface area contributed by atoms with Crippen molar-refractivity contribution >= 4 is 16.9 Å². The van der Waals surface area contributed by atoms with Crippen molar-refractivity contribution in [2.75, 3.05) is 26.2 Å². The number of amides is 1. The lowest BCUT2D eigenvalue weighted by molar-refractivity contribution is 0.0708. The van der Waals surface area contributed by atoms with Crippen LogP contribution in [0.25, 0.3) is 11.0 Å². The summed E-state index contributed by atoms with van der Waals surface area (Å²) in [5.41, 5.74) is 3.01. The summed E-state index contributed by atoms with van der Waals surface area (Å²) in [6, 6.07) is 9.04. The predicted octanol–water partition coefficient (Wildman–Crippen LogP) is 4.44. The Morgan fingerprint density at radius 1 is 1.06 bits per heavy atom. The molecule has 1 atom stereocenters. The van der Waals surface area contributed by atoms with Crippen LogP contribution in [0.2, 0.25) is 0 Å². The zero-order chi connectivity index (χ0) is 22.3. The third-order valence-electron chi connectivity index (χ3n) is 6.30. The van der Waals surface area contributed by atoms with Crippen molar-refractivity contribution in [1.82, 2.24) is 9.80 Å². The SMILES string of the molecule is CCN(CC)CCN1C(=O)c2oc3cc(C)c(C)cc3c(=O)c2[C@@H]1c1cccc(F)c1. The van der Waals surface area contributed by atoms with E-state index < -0.39 is 11.9 Å². The number of carbonyl (C=O) groups is 1. The van der Waals surface area contributed by atoms with Crippen molar-refractivity contribution in [1.29, 1.82) is 0 Å². The molecule has 0 spiro atoms. The van der Waals surface area contributed by atoms with Crippen LogP contribution in [0.15, 0.2) is 45.6 Å². The Morgan fingerprint density at radius 3 is 2.45 bits per heavy atom. The average molecular weight is 423 g/mol. The summed E-state index contributed by atoms with van der Waals surface area (Å²) < 4.78 is 20.1. The maximum atomic E-state index is 14.1. The smallest absolute Gasteiger partial charge is 0.290 e. The number of carbonyl (C=O) groups excluding carboxylic acids is 1. The molecule has 0 radical (unpaired) electrons. The highest BCUT2D eigenvalue weighted by Gasteiger charge is 2.42. The van der Waals surface area contributed by atoms with E-state index in [1.807, 2.05) is 19.9 Å². The first-order chi connectivity index (χ1) is 14.8. The van der Waals surface area contributed by atoms with Gasteiger partial charge in [0.25, 0.3) is 5.91 Å². The molecule has 0 bridgehead atoms. The molecule has 1 aliphatic rings. The van der Waals surface area contributed by atoms with E-state index in [4.69, 9.17) is 4.42 Å². The zero-order valence-electron chi connectivity index (χ0n) is 18.4. The number of benzene rings is 2. The van der Waals surface area contributed by atoms with Crippen LogP contribution in [-0.4, -0.2) is 41.9 Å². The molecule has 31 heavy (non-hydrogen) atoms. The average Bonchev–Trinajstić information content (AvgIpc) is 3.03. The molecular weight excluding hydrogens is 395 g/mol. The number of likely N-dealkylation sites (N-methyl/N-ethyl adjacent to an activating group) is 1. The first kappa shape index (κ1) is 21.2. The third kappa shape index (κ3) is 3.65. The van der Waals surface area contributed by atoms with E-state index in [0.29, 0.717) is 35.2 Å². The molecule has 0 N–H and O–H groups in total. The van der Waals surface area contributed by atoms with Crippen LogP contribution in [0.3, 0.4) is 0 Å². The third-order valence-corrected chi connectivity index (χ3v) is 6.30. The molecule has 162 valence electrons. The molecule has 0 saturated carbocycles. The van der Waals surface area contributed by atoms with E-state index in [0.717, 1.165) is 24.2 Å². The van der Waals surface area contributed by atoms with Crippen molar-refractivity contribution in [2.45, 2.75) is 33.7 Å². The quantitative estimate of drug-likeness (QED) is 0.590. The predicted molar refractivity (Wildman–Crippen MR) is 119 cm³/mol. The van der Waals surface area contributed by atoms with Gasteiger partial charge in [0.15, 0.2) is 5.43 Å². The van der Waals surface area contributed by atoms with Gasteiger partial charge in [-0.05, 0) is 67.9 Å². The highest BCUT2D eigenvalue weighted by molar-refractivity contribution is 5.99. The summed E-state index contributed by atoms with van der Waals surface area (Å²) >= 11 is 0. The van der Waals surface area contributed by atoms with E-state index in [2.05, 4.69) is 18.7 Å². The molecule has 0 aliphatic carbocycles. The van der Waals surface area contributed by atoms with E-state index >= 15 is 0 Å². The van der Waals surface area contributed by atoms with Crippen molar-refractivity contribution in [3.05, 3.63) is 80.5 Å². The van der Waals surface area contributed by atoms with Crippen molar-refractivity contribution in [2.24, 2.45) is 0 Å².